The molecule has 0 aliphatic carbocycles. The van der Waals surface area contributed by atoms with Gasteiger partial charge in [0.15, 0.2) is 0 Å². The van der Waals surface area contributed by atoms with Crippen LogP contribution in [0.15, 0.2) is 24.3 Å². The van der Waals surface area contributed by atoms with Gasteiger partial charge in [0.1, 0.15) is 12.4 Å². The van der Waals surface area contributed by atoms with Crippen molar-refractivity contribution >= 4 is 0 Å². The molecule has 0 saturated heterocycles. The minimum Gasteiger partial charge on any atom is -0.490 e. The maximum absolute atomic E-state index is 5.87. The van der Waals surface area contributed by atoms with E-state index in [-0.39, 0.29) is 6.04 Å². The molecule has 0 bridgehead atoms. The molecule has 18 heavy (non-hydrogen) atoms. The van der Waals surface area contributed by atoms with E-state index < -0.39 is 0 Å². The Kier molecular flexibility index (Phi) is 6.93. The van der Waals surface area contributed by atoms with Crippen molar-refractivity contribution in [3.63, 3.8) is 0 Å². The van der Waals surface area contributed by atoms with E-state index >= 15 is 0 Å². The lowest BCUT2D eigenvalue weighted by atomic mass is 10.1. The monoisotopic (exact) mass is 247 g/mol. The fourth-order valence-electron chi connectivity index (χ4n) is 1.48. The zero-order chi connectivity index (χ0) is 13.2. The third-order valence-electron chi connectivity index (χ3n) is 2.42. The number of hydrogen-bond acceptors (Lipinski definition) is 3. The van der Waals surface area contributed by atoms with Gasteiger partial charge in [-0.05, 0) is 18.6 Å². The lowest BCUT2D eigenvalue weighted by Crippen LogP contribution is -2.16. The van der Waals surface area contributed by atoms with Crippen LogP contribution >= 0.6 is 0 Å². The number of methoxy groups -OCH3 is 1. The standard InChI is InChI=1S/C15H21NO2/c1-3-6-14(16)10-9-13-7-4-5-8-15(13)18-12-11-17-2/h4-5,7-8,14H,3,6,11-12,16H2,1-2H3. The summed E-state index contributed by atoms with van der Waals surface area (Å²) < 4.78 is 10.6. The van der Waals surface area contributed by atoms with Crippen molar-refractivity contribution in [2.75, 3.05) is 20.3 Å². The number of hydrogen-bond donors (Lipinski definition) is 1. The summed E-state index contributed by atoms with van der Waals surface area (Å²) in [7, 11) is 1.65. The highest BCUT2D eigenvalue weighted by Gasteiger charge is 2.00. The van der Waals surface area contributed by atoms with E-state index in [1.165, 1.54) is 0 Å². The summed E-state index contributed by atoms with van der Waals surface area (Å²) in [5.41, 5.74) is 6.74. The Morgan fingerprint density at radius 1 is 1.28 bits per heavy atom. The van der Waals surface area contributed by atoms with Gasteiger partial charge in [0, 0.05) is 7.11 Å². The van der Waals surface area contributed by atoms with Crippen LogP contribution in [0.4, 0.5) is 0 Å². The van der Waals surface area contributed by atoms with Crippen LogP contribution in [0.25, 0.3) is 0 Å². The fourth-order valence-corrected chi connectivity index (χ4v) is 1.48. The lowest BCUT2D eigenvalue weighted by molar-refractivity contribution is 0.146. The quantitative estimate of drug-likeness (QED) is 0.619. The van der Waals surface area contributed by atoms with E-state index in [1.807, 2.05) is 24.3 Å². The summed E-state index contributed by atoms with van der Waals surface area (Å²) in [5, 5.41) is 0. The van der Waals surface area contributed by atoms with Crippen LogP contribution in [0, 0.1) is 11.8 Å². The second-order valence-electron chi connectivity index (χ2n) is 4.00. The van der Waals surface area contributed by atoms with Crippen molar-refractivity contribution in [1.29, 1.82) is 0 Å². The molecule has 1 atom stereocenters. The molecule has 0 heterocycles. The molecule has 1 aromatic carbocycles. The second-order valence-corrected chi connectivity index (χ2v) is 4.00. The van der Waals surface area contributed by atoms with E-state index in [4.69, 9.17) is 15.2 Å². The molecule has 1 rings (SSSR count). The lowest BCUT2D eigenvalue weighted by Gasteiger charge is -2.07. The summed E-state index contributed by atoms with van der Waals surface area (Å²) >= 11 is 0. The molecular formula is C15H21NO2. The summed E-state index contributed by atoms with van der Waals surface area (Å²) in [5.74, 6) is 6.91. The number of benzene rings is 1. The number of rotatable bonds is 6. The molecule has 0 saturated carbocycles. The van der Waals surface area contributed by atoms with Crippen LogP contribution in [-0.2, 0) is 4.74 Å². The van der Waals surface area contributed by atoms with E-state index in [0.717, 1.165) is 24.2 Å². The molecule has 0 aromatic heterocycles. The number of para-hydroxylation sites is 1. The van der Waals surface area contributed by atoms with Gasteiger partial charge in [-0.15, -0.1) is 0 Å². The predicted molar refractivity (Wildman–Crippen MR) is 73.6 cm³/mol. The van der Waals surface area contributed by atoms with Crippen LogP contribution in [0.1, 0.15) is 25.3 Å². The fraction of sp³-hybridized carbons (Fsp3) is 0.467. The third-order valence-corrected chi connectivity index (χ3v) is 2.42. The smallest absolute Gasteiger partial charge is 0.135 e. The molecule has 0 fully saturated rings. The highest BCUT2D eigenvalue weighted by molar-refractivity contribution is 5.46. The van der Waals surface area contributed by atoms with Crippen LogP contribution in [0.2, 0.25) is 0 Å². The van der Waals surface area contributed by atoms with Gasteiger partial charge in [-0.25, -0.2) is 0 Å². The summed E-state index contributed by atoms with van der Waals surface area (Å²) in [4.78, 5) is 0. The Hall–Kier alpha value is -1.50. The van der Waals surface area contributed by atoms with E-state index in [1.54, 1.807) is 7.11 Å². The van der Waals surface area contributed by atoms with Gasteiger partial charge in [0.2, 0.25) is 0 Å². The van der Waals surface area contributed by atoms with E-state index in [0.29, 0.717) is 13.2 Å². The van der Waals surface area contributed by atoms with Crippen molar-refractivity contribution in [2.24, 2.45) is 5.73 Å². The minimum absolute atomic E-state index is 0.0676. The Balaban J connectivity index is 2.69. The normalized spacial score (nSPS) is 11.5. The molecule has 2 N–H and O–H groups in total. The van der Waals surface area contributed by atoms with Crippen LogP contribution in [0.3, 0.4) is 0 Å². The van der Waals surface area contributed by atoms with Gasteiger partial charge in [-0.3, -0.25) is 0 Å². The molecule has 0 amide bonds. The predicted octanol–water partition coefficient (Wildman–Crippen LogP) is 2.19. The largest absolute Gasteiger partial charge is 0.490 e. The molecule has 0 aliphatic heterocycles. The van der Waals surface area contributed by atoms with Gasteiger partial charge in [0.05, 0.1) is 18.2 Å². The maximum atomic E-state index is 5.87. The highest BCUT2D eigenvalue weighted by Crippen LogP contribution is 2.16. The summed E-state index contributed by atoms with van der Waals surface area (Å²) in [6, 6.07) is 7.65. The number of nitrogens with two attached hydrogens (primary N) is 1. The molecular weight excluding hydrogens is 226 g/mol. The zero-order valence-corrected chi connectivity index (χ0v) is 11.1. The topological polar surface area (TPSA) is 44.5 Å². The average Bonchev–Trinajstić information content (AvgIpc) is 2.38. The van der Waals surface area contributed by atoms with Crippen LogP contribution < -0.4 is 10.5 Å². The second kappa shape index (κ2) is 8.57. The van der Waals surface area contributed by atoms with Crippen molar-refractivity contribution < 1.29 is 9.47 Å². The third kappa shape index (κ3) is 5.22. The number of ether oxygens (including phenoxy) is 2. The van der Waals surface area contributed by atoms with Gasteiger partial charge in [0.25, 0.3) is 0 Å². The Bertz CT molecular complexity index is 406. The van der Waals surface area contributed by atoms with Crippen LogP contribution in [-0.4, -0.2) is 26.4 Å². The summed E-state index contributed by atoms with van der Waals surface area (Å²) in [6.45, 7) is 3.19. The highest BCUT2D eigenvalue weighted by atomic mass is 16.5. The Morgan fingerprint density at radius 3 is 2.78 bits per heavy atom. The minimum atomic E-state index is -0.0676. The zero-order valence-electron chi connectivity index (χ0n) is 11.1. The van der Waals surface area contributed by atoms with Crippen molar-refractivity contribution in [1.82, 2.24) is 0 Å². The van der Waals surface area contributed by atoms with Gasteiger partial charge in [-0.2, -0.15) is 0 Å². The maximum Gasteiger partial charge on any atom is 0.135 e. The molecule has 3 nitrogen and oxygen atoms in total. The first-order valence-corrected chi connectivity index (χ1v) is 6.25. The van der Waals surface area contributed by atoms with Gasteiger partial charge >= 0.3 is 0 Å². The molecule has 1 unspecified atom stereocenters. The summed E-state index contributed by atoms with van der Waals surface area (Å²) in [6.07, 6.45) is 1.96. The van der Waals surface area contributed by atoms with Crippen molar-refractivity contribution in [3.8, 4) is 17.6 Å². The molecule has 0 spiro atoms. The Morgan fingerprint density at radius 2 is 2.06 bits per heavy atom. The van der Waals surface area contributed by atoms with Crippen LogP contribution in [0.5, 0.6) is 5.75 Å². The van der Waals surface area contributed by atoms with E-state index in [9.17, 15) is 0 Å². The molecule has 98 valence electrons. The van der Waals surface area contributed by atoms with Gasteiger partial charge in [-0.1, -0.05) is 37.3 Å². The first-order valence-electron chi connectivity index (χ1n) is 6.25. The molecule has 0 aliphatic rings. The van der Waals surface area contributed by atoms with Gasteiger partial charge < -0.3 is 15.2 Å². The first kappa shape index (κ1) is 14.6. The molecule has 1 aromatic rings. The Labute approximate surface area is 109 Å². The molecule has 3 heteroatoms. The first-order chi connectivity index (χ1) is 8.77. The van der Waals surface area contributed by atoms with E-state index in [2.05, 4.69) is 18.8 Å². The van der Waals surface area contributed by atoms with Crippen molar-refractivity contribution in [2.45, 2.75) is 25.8 Å². The molecule has 0 radical (unpaired) electrons. The SMILES string of the molecule is CCCC(N)C#Cc1ccccc1OCCOC. The van der Waals surface area contributed by atoms with Crippen molar-refractivity contribution in [3.05, 3.63) is 29.8 Å². The average molecular weight is 247 g/mol.